The third-order valence-electron chi connectivity index (χ3n) is 2.90. The van der Waals surface area contributed by atoms with Gasteiger partial charge in [-0.3, -0.25) is 0 Å². The molecule has 0 nitrogen and oxygen atoms in total. The molecule has 0 aromatic heterocycles. The average Bonchev–Trinajstić information content (AvgIpc) is 2.05. The van der Waals surface area contributed by atoms with Crippen LogP contribution in [0, 0.1) is 11.8 Å². The summed E-state index contributed by atoms with van der Waals surface area (Å²) in [6.45, 7) is 9.28. The minimum Gasteiger partial charge on any atom is -0.0654 e. The maximum absolute atomic E-state index is 2.33. The molecule has 0 aliphatic heterocycles. The standard InChI is InChI=1S/C11H24/c1-5-9-11(8-4)10(6-2)7-3/h10-11H,5-9H2,1-4H3/t11-/m1/s1. The molecule has 0 aromatic rings. The van der Waals surface area contributed by atoms with E-state index in [0.717, 1.165) is 11.8 Å². The fourth-order valence-electron chi connectivity index (χ4n) is 2.10. The van der Waals surface area contributed by atoms with Crippen LogP contribution in [0.1, 0.15) is 59.8 Å². The van der Waals surface area contributed by atoms with Crippen molar-refractivity contribution >= 4 is 0 Å². The SMILES string of the molecule is CCC[C@@H](CC)C(CC)CC. The first-order valence-electron chi connectivity index (χ1n) is 5.29. The van der Waals surface area contributed by atoms with E-state index in [1.807, 2.05) is 0 Å². The fourth-order valence-corrected chi connectivity index (χ4v) is 2.10. The molecule has 0 amide bonds. The van der Waals surface area contributed by atoms with Gasteiger partial charge in [-0.1, -0.05) is 59.8 Å². The van der Waals surface area contributed by atoms with E-state index in [0.29, 0.717) is 0 Å². The Labute approximate surface area is 72.4 Å². The van der Waals surface area contributed by atoms with Crippen LogP contribution in [-0.4, -0.2) is 0 Å². The third kappa shape index (κ3) is 3.79. The van der Waals surface area contributed by atoms with E-state index in [2.05, 4.69) is 27.7 Å². The van der Waals surface area contributed by atoms with Crippen LogP contribution in [0.4, 0.5) is 0 Å². The fraction of sp³-hybridized carbons (Fsp3) is 1.00. The molecule has 0 bridgehead atoms. The molecular weight excluding hydrogens is 132 g/mol. The lowest BCUT2D eigenvalue weighted by atomic mass is 9.83. The Bertz CT molecular complexity index is 72.1. The topological polar surface area (TPSA) is 0 Å². The van der Waals surface area contributed by atoms with Gasteiger partial charge in [-0.2, -0.15) is 0 Å². The highest BCUT2D eigenvalue weighted by atomic mass is 14.2. The van der Waals surface area contributed by atoms with E-state index < -0.39 is 0 Å². The Morgan fingerprint density at radius 2 is 1.18 bits per heavy atom. The second-order valence-electron chi connectivity index (χ2n) is 3.53. The summed E-state index contributed by atoms with van der Waals surface area (Å²) in [5.41, 5.74) is 0. The minimum atomic E-state index is 0.986. The van der Waals surface area contributed by atoms with Gasteiger partial charge >= 0.3 is 0 Å². The normalized spacial score (nSPS) is 13.9. The van der Waals surface area contributed by atoms with Crippen molar-refractivity contribution in [2.24, 2.45) is 11.8 Å². The molecule has 0 saturated heterocycles. The van der Waals surface area contributed by atoms with Crippen molar-refractivity contribution in [1.29, 1.82) is 0 Å². The van der Waals surface area contributed by atoms with Crippen LogP contribution in [0.15, 0.2) is 0 Å². The summed E-state index contributed by atoms with van der Waals surface area (Å²) in [5, 5.41) is 0. The van der Waals surface area contributed by atoms with E-state index in [-0.39, 0.29) is 0 Å². The van der Waals surface area contributed by atoms with E-state index in [9.17, 15) is 0 Å². The van der Waals surface area contributed by atoms with E-state index in [4.69, 9.17) is 0 Å². The van der Waals surface area contributed by atoms with Crippen LogP contribution in [0.2, 0.25) is 0 Å². The van der Waals surface area contributed by atoms with Crippen LogP contribution in [0.5, 0.6) is 0 Å². The summed E-state index contributed by atoms with van der Waals surface area (Å²) in [4.78, 5) is 0. The molecule has 11 heavy (non-hydrogen) atoms. The Morgan fingerprint density at radius 1 is 0.727 bits per heavy atom. The molecule has 0 saturated carbocycles. The number of rotatable bonds is 6. The first-order valence-corrected chi connectivity index (χ1v) is 5.29. The van der Waals surface area contributed by atoms with E-state index in [1.165, 1.54) is 32.1 Å². The van der Waals surface area contributed by atoms with Gasteiger partial charge in [0, 0.05) is 0 Å². The zero-order chi connectivity index (χ0) is 8.69. The summed E-state index contributed by atoms with van der Waals surface area (Å²) >= 11 is 0. The quantitative estimate of drug-likeness (QED) is 0.539. The molecule has 0 unspecified atom stereocenters. The third-order valence-corrected chi connectivity index (χ3v) is 2.90. The predicted molar refractivity (Wildman–Crippen MR) is 52.8 cm³/mol. The van der Waals surface area contributed by atoms with Gasteiger partial charge in [0.25, 0.3) is 0 Å². The first-order chi connectivity index (χ1) is 5.29. The van der Waals surface area contributed by atoms with Crippen LogP contribution in [0.25, 0.3) is 0 Å². The molecule has 0 rings (SSSR count). The molecule has 0 N–H and O–H groups in total. The second-order valence-corrected chi connectivity index (χ2v) is 3.53. The van der Waals surface area contributed by atoms with Gasteiger partial charge in [-0.05, 0) is 11.8 Å². The van der Waals surface area contributed by atoms with Crippen molar-refractivity contribution in [3.05, 3.63) is 0 Å². The van der Waals surface area contributed by atoms with Crippen LogP contribution >= 0.6 is 0 Å². The van der Waals surface area contributed by atoms with Crippen molar-refractivity contribution in [3.8, 4) is 0 Å². The van der Waals surface area contributed by atoms with Crippen LogP contribution in [-0.2, 0) is 0 Å². The highest BCUT2D eigenvalue weighted by Gasteiger charge is 2.14. The number of hydrogen-bond donors (Lipinski definition) is 0. The Morgan fingerprint density at radius 3 is 1.45 bits per heavy atom. The highest BCUT2D eigenvalue weighted by molar-refractivity contribution is 4.65. The summed E-state index contributed by atoms with van der Waals surface area (Å²) in [6, 6.07) is 0. The van der Waals surface area contributed by atoms with Crippen LogP contribution in [0.3, 0.4) is 0 Å². The van der Waals surface area contributed by atoms with Gasteiger partial charge in [0.1, 0.15) is 0 Å². The molecule has 0 heteroatoms. The zero-order valence-corrected chi connectivity index (χ0v) is 8.69. The lowest BCUT2D eigenvalue weighted by Crippen LogP contribution is -2.12. The Kier molecular flexibility index (Phi) is 6.69. The smallest absolute Gasteiger partial charge is 0.0389 e. The van der Waals surface area contributed by atoms with Gasteiger partial charge in [0.15, 0.2) is 0 Å². The Balaban J connectivity index is 3.76. The van der Waals surface area contributed by atoms with Gasteiger partial charge in [0.2, 0.25) is 0 Å². The molecule has 1 atom stereocenters. The predicted octanol–water partition coefficient (Wildman–Crippen LogP) is 4.25. The largest absolute Gasteiger partial charge is 0.0654 e. The Hall–Kier alpha value is 0. The molecular formula is C11H24. The van der Waals surface area contributed by atoms with Gasteiger partial charge in [-0.25, -0.2) is 0 Å². The van der Waals surface area contributed by atoms with Crippen molar-refractivity contribution in [2.75, 3.05) is 0 Å². The molecule has 0 radical (unpaired) electrons. The summed E-state index contributed by atoms with van der Waals surface area (Å²) in [6.07, 6.45) is 6.90. The maximum Gasteiger partial charge on any atom is -0.0389 e. The first kappa shape index (κ1) is 11.0. The van der Waals surface area contributed by atoms with Gasteiger partial charge in [-0.15, -0.1) is 0 Å². The maximum atomic E-state index is 2.33. The molecule has 0 spiro atoms. The summed E-state index contributed by atoms with van der Waals surface area (Å²) in [5.74, 6) is 1.98. The zero-order valence-electron chi connectivity index (χ0n) is 8.69. The van der Waals surface area contributed by atoms with Gasteiger partial charge in [0.05, 0.1) is 0 Å². The molecule has 0 fully saturated rings. The second kappa shape index (κ2) is 6.69. The summed E-state index contributed by atoms with van der Waals surface area (Å²) in [7, 11) is 0. The number of hydrogen-bond acceptors (Lipinski definition) is 0. The van der Waals surface area contributed by atoms with Crippen LogP contribution < -0.4 is 0 Å². The van der Waals surface area contributed by atoms with E-state index in [1.54, 1.807) is 0 Å². The molecule has 0 aromatic carbocycles. The lowest BCUT2D eigenvalue weighted by molar-refractivity contribution is 0.284. The van der Waals surface area contributed by atoms with Gasteiger partial charge < -0.3 is 0 Å². The van der Waals surface area contributed by atoms with Crippen molar-refractivity contribution in [2.45, 2.75) is 59.8 Å². The van der Waals surface area contributed by atoms with Crippen molar-refractivity contribution < 1.29 is 0 Å². The monoisotopic (exact) mass is 156 g/mol. The van der Waals surface area contributed by atoms with Crippen molar-refractivity contribution in [3.63, 3.8) is 0 Å². The van der Waals surface area contributed by atoms with E-state index >= 15 is 0 Å². The molecule has 0 aliphatic carbocycles. The molecule has 0 aliphatic rings. The summed E-state index contributed by atoms with van der Waals surface area (Å²) < 4.78 is 0. The molecule has 68 valence electrons. The average molecular weight is 156 g/mol. The lowest BCUT2D eigenvalue weighted by Gasteiger charge is -2.23. The molecule has 0 heterocycles. The highest BCUT2D eigenvalue weighted by Crippen LogP contribution is 2.26. The van der Waals surface area contributed by atoms with Crippen molar-refractivity contribution in [1.82, 2.24) is 0 Å². The minimum absolute atomic E-state index is 0.986.